The Kier molecular flexibility index (Phi) is 19.0. The molecule has 378 valence electrons. The zero-order chi connectivity index (χ0) is 49.6. The van der Waals surface area contributed by atoms with E-state index < -0.39 is 36.3 Å². The number of likely N-dealkylation sites (N-methyl/N-ethyl adjacent to an activating group) is 2. The Labute approximate surface area is 414 Å². The van der Waals surface area contributed by atoms with E-state index in [0.29, 0.717) is 77.8 Å². The standard InChI is InChI=1S/C54H76N10O6/c1-35(55-3)49(65)61-45(53(69)63-31-11-21-47(63)51(67)59-43-19-9-15-39-13-5-7-17-41(39)43)27-29-57-33-37-23-25-38(26-24-37)34-58-30-28-46(62-50(66)36(2)56-4)54(70)64-32-12-22-48(64)52(68)60-44-20-10-16-40-14-6-8-18-42(40)44/h5-8,13-14,17-18,23-26,35-36,43-48,55-58H,9-12,15-16,19-22,27-34H2,1-4H3,(H,59,67)(H,60,68)(H,61,65)(H,62,66)/t35-,36-,43-,44-,45-,46-,47-,48-/m0/s1. The summed E-state index contributed by atoms with van der Waals surface area (Å²) in [6.45, 7) is 6.42. The SMILES string of the molecule is CN[C@@H](C)C(=O)N[C@@H](CCNCc1ccc(CNCC[C@H](NC(=O)[C@H](C)NC)C(=O)N2CCC[C@H]2C(=O)N[C@H]2CCCc3ccccc32)cc1)C(=O)N1CCC[C@H]1C(=O)N[C@H]1CCCc2ccccc21. The number of aryl methyl sites for hydroxylation is 2. The Morgan fingerprint density at radius 3 is 1.34 bits per heavy atom. The van der Waals surface area contributed by atoms with E-state index in [9.17, 15) is 28.8 Å². The first-order valence-electron chi connectivity index (χ1n) is 25.8. The van der Waals surface area contributed by atoms with Crippen LogP contribution in [0.1, 0.15) is 124 Å². The molecule has 4 aliphatic rings. The minimum absolute atomic E-state index is 0.0820. The van der Waals surface area contributed by atoms with Crippen LogP contribution in [0.25, 0.3) is 0 Å². The first kappa shape index (κ1) is 52.2. The maximum atomic E-state index is 14.2. The molecule has 16 nitrogen and oxygen atoms in total. The molecule has 2 saturated heterocycles. The average Bonchev–Trinajstić information content (AvgIpc) is 4.09. The number of nitrogens with zero attached hydrogens (tertiary/aromatic N) is 2. The minimum atomic E-state index is -0.802. The summed E-state index contributed by atoms with van der Waals surface area (Å²) in [5.41, 5.74) is 6.90. The van der Waals surface area contributed by atoms with Gasteiger partial charge in [-0.2, -0.15) is 0 Å². The molecular formula is C54H76N10O6. The first-order valence-corrected chi connectivity index (χ1v) is 25.8. The van der Waals surface area contributed by atoms with Crippen molar-refractivity contribution in [1.82, 2.24) is 52.3 Å². The molecule has 8 N–H and O–H groups in total. The number of carbonyl (C=O) groups excluding carboxylic acids is 6. The molecule has 2 aliphatic heterocycles. The number of fused-ring (bicyclic) bond motifs is 2. The lowest BCUT2D eigenvalue weighted by molar-refractivity contribution is -0.142. The Morgan fingerprint density at radius 2 is 0.943 bits per heavy atom. The molecule has 0 aromatic heterocycles. The van der Waals surface area contributed by atoms with E-state index in [2.05, 4.69) is 66.8 Å². The number of carbonyl (C=O) groups is 6. The maximum Gasteiger partial charge on any atom is 0.245 e. The lowest BCUT2D eigenvalue weighted by Gasteiger charge is -2.32. The number of hydrogen-bond acceptors (Lipinski definition) is 10. The van der Waals surface area contributed by atoms with Crippen molar-refractivity contribution < 1.29 is 28.8 Å². The van der Waals surface area contributed by atoms with Crippen LogP contribution in [0.5, 0.6) is 0 Å². The fourth-order valence-electron chi connectivity index (χ4n) is 10.5. The van der Waals surface area contributed by atoms with Gasteiger partial charge in [-0.05, 0) is 151 Å². The molecule has 0 spiro atoms. The molecule has 7 rings (SSSR count). The number of hydrogen-bond donors (Lipinski definition) is 8. The molecule has 3 aromatic rings. The Bertz CT molecular complexity index is 2120. The molecule has 2 fully saturated rings. The van der Waals surface area contributed by atoms with Gasteiger partial charge in [-0.3, -0.25) is 28.8 Å². The van der Waals surface area contributed by atoms with Crippen LogP contribution in [-0.4, -0.2) is 122 Å². The molecule has 2 heterocycles. The highest BCUT2D eigenvalue weighted by Crippen LogP contribution is 2.32. The van der Waals surface area contributed by atoms with Gasteiger partial charge < -0.3 is 52.3 Å². The maximum absolute atomic E-state index is 14.2. The molecule has 8 atom stereocenters. The van der Waals surface area contributed by atoms with Gasteiger partial charge in [0.05, 0.1) is 24.2 Å². The molecule has 0 radical (unpaired) electrons. The Balaban J connectivity index is 0.885. The number of likely N-dealkylation sites (tertiary alicyclic amines) is 2. The number of benzene rings is 3. The second-order valence-electron chi connectivity index (χ2n) is 19.6. The highest BCUT2D eigenvalue weighted by Gasteiger charge is 2.40. The van der Waals surface area contributed by atoms with Crippen molar-refractivity contribution in [2.24, 2.45) is 0 Å². The highest BCUT2D eigenvalue weighted by molar-refractivity contribution is 5.94. The van der Waals surface area contributed by atoms with Gasteiger partial charge >= 0.3 is 0 Å². The zero-order valence-corrected chi connectivity index (χ0v) is 41.6. The number of nitrogens with one attached hydrogen (secondary N) is 8. The van der Waals surface area contributed by atoms with Gasteiger partial charge in [0.25, 0.3) is 0 Å². The second kappa shape index (κ2) is 25.4. The molecule has 2 aliphatic carbocycles. The summed E-state index contributed by atoms with van der Waals surface area (Å²) in [5, 5.41) is 25.2. The average molecular weight is 961 g/mol. The third-order valence-electron chi connectivity index (χ3n) is 14.8. The van der Waals surface area contributed by atoms with Crippen molar-refractivity contribution in [2.75, 3.05) is 40.3 Å². The van der Waals surface area contributed by atoms with Crippen molar-refractivity contribution in [3.8, 4) is 0 Å². The quantitative estimate of drug-likeness (QED) is 0.0692. The van der Waals surface area contributed by atoms with Crippen molar-refractivity contribution >= 4 is 35.4 Å². The first-order chi connectivity index (χ1) is 33.9. The molecule has 0 bridgehead atoms. The van der Waals surface area contributed by atoms with Crippen LogP contribution in [0.3, 0.4) is 0 Å². The van der Waals surface area contributed by atoms with Gasteiger partial charge in [0.15, 0.2) is 0 Å². The third-order valence-corrected chi connectivity index (χ3v) is 14.8. The van der Waals surface area contributed by atoms with Crippen molar-refractivity contribution in [1.29, 1.82) is 0 Å². The van der Waals surface area contributed by atoms with Gasteiger partial charge in [0, 0.05) is 26.2 Å². The smallest absolute Gasteiger partial charge is 0.245 e. The fourth-order valence-corrected chi connectivity index (χ4v) is 10.5. The molecule has 6 amide bonds. The van der Waals surface area contributed by atoms with Gasteiger partial charge in [-0.1, -0.05) is 72.8 Å². The summed E-state index contributed by atoms with van der Waals surface area (Å²) in [6.07, 6.45) is 8.99. The summed E-state index contributed by atoms with van der Waals surface area (Å²) in [7, 11) is 3.40. The fraction of sp³-hybridized carbons (Fsp3) is 0.556. The van der Waals surface area contributed by atoms with Crippen LogP contribution in [0.15, 0.2) is 72.8 Å². The summed E-state index contributed by atoms with van der Waals surface area (Å²) in [4.78, 5) is 85.4. The van der Waals surface area contributed by atoms with Crippen molar-refractivity contribution in [3.05, 3.63) is 106 Å². The zero-order valence-electron chi connectivity index (χ0n) is 41.6. The largest absolute Gasteiger partial charge is 0.347 e. The highest BCUT2D eigenvalue weighted by atomic mass is 16.2. The molecule has 70 heavy (non-hydrogen) atoms. The van der Waals surface area contributed by atoms with E-state index >= 15 is 0 Å². The Hall–Kier alpha value is -5.68. The van der Waals surface area contributed by atoms with E-state index in [4.69, 9.17) is 0 Å². The van der Waals surface area contributed by atoms with Crippen LogP contribution in [0.2, 0.25) is 0 Å². The molecule has 0 saturated carbocycles. The summed E-state index contributed by atoms with van der Waals surface area (Å²) < 4.78 is 0. The predicted octanol–water partition coefficient (Wildman–Crippen LogP) is 3.20. The number of amides is 6. The van der Waals surface area contributed by atoms with Gasteiger partial charge in [-0.15, -0.1) is 0 Å². The normalized spacial score (nSPS) is 21.4. The van der Waals surface area contributed by atoms with Crippen LogP contribution in [-0.2, 0) is 54.7 Å². The van der Waals surface area contributed by atoms with Crippen LogP contribution in [0, 0.1) is 0 Å². The van der Waals surface area contributed by atoms with Gasteiger partial charge in [-0.25, -0.2) is 0 Å². The van der Waals surface area contributed by atoms with E-state index in [0.717, 1.165) is 60.8 Å². The van der Waals surface area contributed by atoms with Crippen molar-refractivity contribution in [3.63, 3.8) is 0 Å². The van der Waals surface area contributed by atoms with E-state index in [1.54, 1.807) is 37.7 Å². The lowest BCUT2D eigenvalue weighted by atomic mass is 9.87. The second-order valence-corrected chi connectivity index (χ2v) is 19.6. The number of rotatable bonds is 22. The van der Waals surface area contributed by atoms with Crippen molar-refractivity contribution in [2.45, 2.75) is 152 Å². The predicted molar refractivity (Wildman–Crippen MR) is 270 cm³/mol. The minimum Gasteiger partial charge on any atom is -0.347 e. The molecule has 0 unspecified atom stereocenters. The summed E-state index contributed by atoms with van der Waals surface area (Å²) in [6, 6.07) is 20.7. The van der Waals surface area contributed by atoms with Crippen LogP contribution >= 0.6 is 0 Å². The lowest BCUT2D eigenvalue weighted by Crippen LogP contribution is -2.56. The monoisotopic (exact) mass is 961 g/mol. The molecule has 16 heteroatoms. The summed E-state index contributed by atoms with van der Waals surface area (Å²) in [5.74, 6) is -1.33. The Morgan fingerprint density at radius 1 is 0.543 bits per heavy atom. The van der Waals surface area contributed by atoms with Crippen LogP contribution in [0.4, 0.5) is 0 Å². The topological polar surface area (TPSA) is 205 Å². The van der Waals surface area contributed by atoms with Gasteiger partial charge in [0.2, 0.25) is 35.4 Å². The van der Waals surface area contributed by atoms with Crippen LogP contribution < -0.4 is 42.5 Å². The summed E-state index contributed by atoms with van der Waals surface area (Å²) >= 11 is 0. The van der Waals surface area contributed by atoms with E-state index in [1.807, 2.05) is 48.5 Å². The molecule has 3 aromatic carbocycles. The van der Waals surface area contributed by atoms with E-state index in [1.165, 1.54) is 11.1 Å². The van der Waals surface area contributed by atoms with E-state index in [-0.39, 0.29) is 47.5 Å². The molecular weight excluding hydrogens is 885 g/mol. The third kappa shape index (κ3) is 13.4. The van der Waals surface area contributed by atoms with Gasteiger partial charge in [0.1, 0.15) is 24.2 Å².